The van der Waals surface area contributed by atoms with Crippen molar-refractivity contribution in [2.75, 3.05) is 5.75 Å². The molecule has 6 heteroatoms. The molecule has 0 unspecified atom stereocenters. The standard InChI is InChI=1S/C11H14BrClO3S/c1-3-17(15,16)11(2,13)10(14)8-4-6-9(12)7-5-8/h4-7,10,14H,3H2,1-2H3/t10-,11-/m1/s1. The normalized spacial score (nSPS) is 17.5. The zero-order valence-corrected chi connectivity index (χ0v) is 12.7. The quantitative estimate of drug-likeness (QED) is 0.857. The van der Waals surface area contributed by atoms with Gasteiger partial charge in [-0.25, -0.2) is 8.42 Å². The Morgan fingerprint density at radius 3 is 2.29 bits per heavy atom. The largest absolute Gasteiger partial charge is 0.385 e. The van der Waals surface area contributed by atoms with Crippen LogP contribution in [0.2, 0.25) is 0 Å². The minimum atomic E-state index is -3.55. The SMILES string of the molecule is CCS(=O)(=O)[C@@](C)(Cl)[C@H](O)c1ccc(Br)cc1. The summed E-state index contributed by atoms with van der Waals surface area (Å²) in [6.45, 7) is 2.82. The van der Waals surface area contributed by atoms with E-state index in [9.17, 15) is 13.5 Å². The number of benzene rings is 1. The fourth-order valence-corrected chi connectivity index (χ4v) is 3.15. The van der Waals surface area contributed by atoms with Crippen LogP contribution in [0.1, 0.15) is 25.5 Å². The molecule has 0 radical (unpaired) electrons. The van der Waals surface area contributed by atoms with Crippen molar-refractivity contribution in [3.63, 3.8) is 0 Å². The average Bonchev–Trinajstić information content (AvgIpc) is 2.28. The molecule has 1 aromatic rings. The Hall–Kier alpha value is -0.100. The van der Waals surface area contributed by atoms with Crippen LogP contribution in [0.4, 0.5) is 0 Å². The van der Waals surface area contributed by atoms with E-state index in [0.29, 0.717) is 5.56 Å². The molecule has 0 aliphatic rings. The number of halogens is 2. The molecule has 17 heavy (non-hydrogen) atoms. The van der Waals surface area contributed by atoms with E-state index in [2.05, 4.69) is 15.9 Å². The van der Waals surface area contributed by atoms with Gasteiger partial charge in [-0.05, 0) is 24.6 Å². The van der Waals surface area contributed by atoms with E-state index in [1.165, 1.54) is 13.8 Å². The third-order valence-corrected chi connectivity index (χ3v) is 6.30. The van der Waals surface area contributed by atoms with Crippen molar-refractivity contribution in [3.05, 3.63) is 34.3 Å². The Morgan fingerprint density at radius 2 is 1.88 bits per heavy atom. The van der Waals surface area contributed by atoms with Gasteiger partial charge >= 0.3 is 0 Å². The molecule has 3 nitrogen and oxygen atoms in total. The van der Waals surface area contributed by atoms with Crippen molar-refractivity contribution in [3.8, 4) is 0 Å². The summed E-state index contributed by atoms with van der Waals surface area (Å²) in [6.07, 6.45) is -1.26. The molecule has 0 aliphatic heterocycles. The van der Waals surface area contributed by atoms with Gasteiger partial charge in [0.2, 0.25) is 0 Å². The lowest BCUT2D eigenvalue weighted by Gasteiger charge is -2.27. The fourth-order valence-electron chi connectivity index (χ4n) is 1.40. The van der Waals surface area contributed by atoms with Gasteiger partial charge in [-0.15, -0.1) is 0 Å². The third kappa shape index (κ3) is 3.02. The zero-order chi connectivity index (χ0) is 13.3. The smallest absolute Gasteiger partial charge is 0.172 e. The Balaban J connectivity index is 3.12. The number of aliphatic hydroxyl groups is 1. The highest BCUT2D eigenvalue weighted by Gasteiger charge is 2.43. The topological polar surface area (TPSA) is 54.4 Å². The van der Waals surface area contributed by atoms with Crippen LogP contribution >= 0.6 is 27.5 Å². The summed E-state index contributed by atoms with van der Waals surface area (Å²) in [5.74, 6) is -0.111. The molecule has 0 bridgehead atoms. The van der Waals surface area contributed by atoms with Gasteiger partial charge in [0.1, 0.15) is 6.10 Å². The summed E-state index contributed by atoms with van der Waals surface area (Å²) in [7, 11) is -3.55. The monoisotopic (exact) mass is 340 g/mol. The molecule has 2 atom stereocenters. The molecular formula is C11H14BrClO3S. The van der Waals surface area contributed by atoms with Crippen molar-refractivity contribution < 1.29 is 13.5 Å². The lowest BCUT2D eigenvalue weighted by Crippen LogP contribution is -2.37. The van der Waals surface area contributed by atoms with Crippen molar-refractivity contribution >= 4 is 37.4 Å². The predicted octanol–water partition coefficient (Wildman–Crippen LogP) is 2.87. The molecule has 0 saturated carbocycles. The molecule has 0 aromatic heterocycles. The number of sulfone groups is 1. The van der Waals surface area contributed by atoms with Crippen LogP contribution in [0.5, 0.6) is 0 Å². The van der Waals surface area contributed by atoms with Gasteiger partial charge in [0, 0.05) is 10.2 Å². The summed E-state index contributed by atoms with van der Waals surface area (Å²) in [5, 5.41) is 10.1. The van der Waals surface area contributed by atoms with Crippen molar-refractivity contribution in [2.45, 2.75) is 24.2 Å². The Morgan fingerprint density at radius 1 is 1.41 bits per heavy atom. The molecular weight excluding hydrogens is 328 g/mol. The molecule has 96 valence electrons. The number of hydrogen-bond acceptors (Lipinski definition) is 3. The minimum Gasteiger partial charge on any atom is -0.385 e. The maximum Gasteiger partial charge on any atom is 0.172 e. The maximum absolute atomic E-state index is 11.8. The van der Waals surface area contributed by atoms with E-state index in [-0.39, 0.29) is 5.75 Å². The Bertz CT molecular complexity index is 482. The van der Waals surface area contributed by atoms with Gasteiger partial charge in [0.15, 0.2) is 14.0 Å². The van der Waals surface area contributed by atoms with Crippen molar-refractivity contribution in [2.24, 2.45) is 0 Å². The zero-order valence-electron chi connectivity index (χ0n) is 9.52. The highest BCUT2D eigenvalue weighted by Crippen LogP contribution is 2.37. The summed E-state index contributed by atoms with van der Waals surface area (Å²) in [4.78, 5) is 0. The van der Waals surface area contributed by atoms with Crippen LogP contribution in [0, 0.1) is 0 Å². The van der Waals surface area contributed by atoms with Crippen LogP contribution in [-0.4, -0.2) is 23.5 Å². The second-order valence-corrected chi connectivity index (χ2v) is 8.42. The molecule has 0 fully saturated rings. The Labute approximate surface area is 115 Å². The second-order valence-electron chi connectivity index (χ2n) is 3.84. The summed E-state index contributed by atoms with van der Waals surface area (Å²) in [5.41, 5.74) is 0.475. The first-order valence-corrected chi connectivity index (χ1v) is 7.89. The number of aliphatic hydroxyl groups excluding tert-OH is 1. The molecule has 0 heterocycles. The van der Waals surface area contributed by atoms with E-state index >= 15 is 0 Å². The highest BCUT2D eigenvalue weighted by atomic mass is 79.9. The van der Waals surface area contributed by atoms with E-state index in [4.69, 9.17) is 11.6 Å². The fraction of sp³-hybridized carbons (Fsp3) is 0.455. The van der Waals surface area contributed by atoms with E-state index in [0.717, 1.165) is 4.47 Å². The highest BCUT2D eigenvalue weighted by molar-refractivity contribution is 9.10. The lowest BCUT2D eigenvalue weighted by molar-refractivity contribution is 0.162. The van der Waals surface area contributed by atoms with Crippen molar-refractivity contribution in [1.82, 2.24) is 0 Å². The first kappa shape index (κ1) is 15.0. The van der Waals surface area contributed by atoms with Gasteiger partial charge in [-0.2, -0.15) is 0 Å². The number of alkyl halides is 1. The first-order chi connectivity index (χ1) is 7.72. The molecule has 0 aliphatic carbocycles. The molecule has 1 rings (SSSR count). The molecule has 0 saturated heterocycles. The summed E-state index contributed by atoms with van der Waals surface area (Å²) in [6, 6.07) is 6.73. The van der Waals surface area contributed by atoms with Crippen LogP contribution in [0.15, 0.2) is 28.7 Å². The van der Waals surface area contributed by atoms with Crippen molar-refractivity contribution in [1.29, 1.82) is 0 Å². The van der Waals surface area contributed by atoms with Crippen LogP contribution in [-0.2, 0) is 9.84 Å². The van der Waals surface area contributed by atoms with E-state index in [1.54, 1.807) is 24.3 Å². The lowest BCUT2D eigenvalue weighted by atomic mass is 10.1. The third-order valence-electron chi connectivity index (χ3n) is 2.66. The van der Waals surface area contributed by atoms with Gasteiger partial charge in [0.05, 0.1) is 0 Å². The summed E-state index contributed by atoms with van der Waals surface area (Å²) >= 11 is 9.27. The summed E-state index contributed by atoms with van der Waals surface area (Å²) < 4.78 is 22.7. The van der Waals surface area contributed by atoms with Gasteiger partial charge in [0.25, 0.3) is 0 Å². The van der Waals surface area contributed by atoms with Crippen LogP contribution < -0.4 is 0 Å². The second kappa shape index (κ2) is 5.26. The van der Waals surface area contributed by atoms with Gasteiger partial charge < -0.3 is 5.11 Å². The van der Waals surface area contributed by atoms with Gasteiger partial charge in [-0.1, -0.05) is 46.6 Å². The number of rotatable bonds is 4. The average molecular weight is 342 g/mol. The predicted molar refractivity (Wildman–Crippen MR) is 72.8 cm³/mol. The molecule has 1 aromatic carbocycles. The molecule has 0 spiro atoms. The van der Waals surface area contributed by atoms with Crippen LogP contribution in [0.3, 0.4) is 0 Å². The van der Waals surface area contributed by atoms with E-state index < -0.39 is 20.1 Å². The molecule has 0 amide bonds. The van der Waals surface area contributed by atoms with Gasteiger partial charge in [-0.3, -0.25) is 0 Å². The van der Waals surface area contributed by atoms with Crippen LogP contribution in [0.25, 0.3) is 0 Å². The minimum absolute atomic E-state index is 0.111. The molecule has 1 N–H and O–H groups in total. The Kier molecular flexibility index (Phi) is 4.63. The van der Waals surface area contributed by atoms with E-state index in [1.807, 2.05) is 0 Å². The number of hydrogen-bond donors (Lipinski definition) is 1. The maximum atomic E-state index is 11.8. The first-order valence-electron chi connectivity index (χ1n) is 5.07.